The summed E-state index contributed by atoms with van der Waals surface area (Å²) in [4.78, 5) is -0.230. The number of hydrogen-bond donors (Lipinski definition) is 1. The summed E-state index contributed by atoms with van der Waals surface area (Å²) in [7, 11) is -2.57. The number of methoxy groups -OCH3 is 1. The normalized spacial score (nSPS) is 11.3. The van der Waals surface area contributed by atoms with E-state index in [9.17, 15) is 12.8 Å². The zero-order valence-corrected chi connectivity index (χ0v) is 16.4. The van der Waals surface area contributed by atoms with E-state index >= 15 is 0 Å². The molecule has 0 fully saturated rings. The van der Waals surface area contributed by atoms with Crippen LogP contribution in [0.25, 0.3) is 0 Å². The summed E-state index contributed by atoms with van der Waals surface area (Å²) in [6.45, 7) is 4.92. The summed E-state index contributed by atoms with van der Waals surface area (Å²) in [6.07, 6.45) is 0.434. The number of halogens is 1. The fraction of sp³-hybridized carbons (Fsp3) is 0.368. The van der Waals surface area contributed by atoms with Crippen molar-refractivity contribution in [3.05, 3.63) is 47.8 Å². The van der Waals surface area contributed by atoms with Gasteiger partial charge in [0, 0.05) is 6.54 Å². The highest BCUT2D eigenvalue weighted by molar-refractivity contribution is 7.89. The number of hydrogen-bond acceptors (Lipinski definition) is 5. The van der Waals surface area contributed by atoms with Crippen LogP contribution in [-0.2, 0) is 16.4 Å². The summed E-state index contributed by atoms with van der Waals surface area (Å²) < 4.78 is 56.9. The molecule has 0 bridgehead atoms. The van der Waals surface area contributed by atoms with Gasteiger partial charge in [0.2, 0.25) is 10.0 Å². The van der Waals surface area contributed by atoms with E-state index in [4.69, 9.17) is 14.2 Å². The summed E-state index contributed by atoms with van der Waals surface area (Å²) in [5.74, 6) is 0.701. The SMILES string of the molecule is CCOc1ccc(CCNS(=O)(=O)c2cc(F)ccc2OC)cc1OCC. The quantitative estimate of drug-likeness (QED) is 0.667. The van der Waals surface area contributed by atoms with Gasteiger partial charge < -0.3 is 14.2 Å². The standard InChI is InChI=1S/C19H24FNO5S/c1-4-25-16-8-6-14(12-18(16)26-5-2)10-11-21-27(22,23)19-13-15(20)7-9-17(19)24-3/h6-9,12-13,21H,4-5,10-11H2,1-3H3. The van der Waals surface area contributed by atoms with Crippen molar-refractivity contribution in [1.29, 1.82) is 0 Å². The van der Waals surface area contributed by atoms with Crippen LogP contribution in [0.2, 0.25) is 0 Å². The zero-order valence-electron chi connectivity index (χ0n) is 15.6. The van der Waals surface area contributed by atoms with Crippen LogP contribution >= 0.6 is 0 Å². The first-order valence-corrected chi connectivity index (χ1v) is 10.1. The average Bonchev–Trinajstić information content (AvgIpc) is 2.64. The molecule has 0 aromatic heterocycles. The van der Waals surface area contributed by atoms with Crippen LogP contribution < -0.4 is 18.9 Å². The van der Waals surface area contributed by atoms with Gasteiger partial charge in [-0.3, -0.25) is 0 Å². The molecule has 148 valence electrons. The molecule has 0 amide bonds. The van der Waals surface area contributed by atoms with Gasteiger partial charge in [0.25, 0.3) is 0 Å². The van der Waals surface area contributed by atoms with Gasteiger partial charge in [-0.25, -0.2) is 17.5 Å². The lowest BCUT2D eigenvalue weighted by atomic mass is 10.1. The summed E-state index contributed by atoms with van der Waals surface area (Å²) in [5, 5.41) is 0. The van der Waals surface area contributed by atoms with Gasteiger partial charge in [-0.15, -0.1) is 0 Å². The van der Waals surface area contributed by atoms with Crippen molar-refractivity contribution in [3.63, 3.8) is 0 Å². The van der Waals surface area contributed by atoms with Crippen LogP contribution in [0, 0.1) is 5.82 Å². The summed E-state index contributed by atoms with van der Waals surface area (Å²) >= 11 is 0. The molecule has 0 radical (unpaired) electrons. The van der Waals surface area contributed by atoms with Crippen LogP contribution in [0.4, 0.5) is 4.39 Å². The molecule has 0 heterocycles. The van der Waals surface area contributed by atoms with Crippen molar-refractivity contribution in [2.45, 2.75) is 25.2 Å². The fourth-order valence-corrected chi connectivity index (χ4v) is 3.73. The smallest absolute Gasteiger partial charge is 0.244 e. The van der Waals surface area contributed by atoms with Gasteiger partial charge in [-0.2, -0.15) is 0 Å². The molecule has 2 aromatic carbocycles. The lowest BCUT2D eigenvalue weighted by molar-refractivity contribution is 0.287. The van der Waals surface area contributed by atoms with Crippen LogP contribution in [-0.4, -0.2) is 35.3 Å². The predicted octanol–water partition coefficient (Wildman–Crippen LogP) is 3.15. The van der Waals surface area contributed by atoms with Gasteiger partial charge in [0.15, 0.2) is 11.5 Å². The Bertz CT molecular complexity index is 870. The van der Waals surface area contributed by atoms with Crippen LogP contribution in [0.15, 0.2) is 41.3 Å². The third-order valence-corrected chi connectivity index (χ3v) is 5.21. The van der Waals surface area contributed by atoms with Crippen molar-refractivity contribution in [2.75, 3.05) is 26.9 Å². The van der Waals surface area contributed by atoms with Crippen LogP contribution in [0.5, 0.6) is 17.2 Å². The first-order chi connectivity index (χ1) is 12.9. The van der Waals surface area contributed by atoms with Crippen molar-refractivity contribution >= 4 is 10.0 Å². The van der Waals surface area contributed by atoms with Gasteiger partial charge in [0.1, 0.15) is 16.5 Å². The Morgan fingerprint density at radius 3 is 2.30 bits per heavy atom. The van der Waals surface area contributed by atoms with Crippen LogP contribution in [0.1, 0.15) is 19.4 Å². The van der Waals surface area contributed by atoms with E-state index < -0.39 is 15.8 Å². The molecule has 2 aromatic rings. The molecule has 0 atom stereocenters. The van der Waals surface area contributed by atoms with E-state index in [1.807, 2.05) is 26.0 Å². The zero-order chi connectivity index (χ0) is 19.9. The second-order valence-corrected chi connectivity index (χ2v) is 7.33. The third kappa shape index (κ3) is 5.58. The molecule has 27 heavy (non-hydrogen) atoms. The van der Waals surface area contributed by atoms with Gasteiger partial charge in [0.05, 0.1) is 20.3 Å². The molecular weight excluding hydrogens is 373 g/mol. The Morgan fingerprint density at radius 2 is 1.63 bits per heavy atom. The molecule has 0 spiro atoms. The maximum atomic E-state index is 13.4. The molecule has 0 unspecified atom stereocenters. The number of rotatable bonds is 10. The molecule has 8 heteroatoms. The molecule has 0 saturated heterocycles. The second kappa shape index (κ2) is 9.57. The number of benzene rings is 2. The first kappa shape index (κ1) is 21.0. The maximum Gasteiger partial charge on any atom is 0.244 e. The minimum absolute atomic E-state index is 0.0867. The van der Waals surface area contributed by atoms with E-state index in [0.29, 0.717) is 31.1 Å². The predicted molar refractivity (Wildman–Crippen MR) is 101 cm³/mol. The van der Waals surface area contributed by atoms with E-state index in [2.05, 4.69) is 4.72 Å². The average molecular weight is 397 g/mol. The van der Waals surface area contributed by atoms with Crippen LogP contribution in [0.3, 0.4) is 0 Å². The number of sulfonamides is 1. The Balaban J connectivity index is 2.09. The van der Waals surface area contributed by atoms with E-state index in [1.165, 1.54) is 13.2 Å². The molecule has 0 aliphatic carbocycles. The molecule has 6 nitrogen and oxygen atoms in total. The Hall–Kier alpha value is -2.32. The van der Waals surface area contributed by atoms with Crippen molar-refractivity contribution in [3.8, 4) is 17.2 Å². The largest absolute Gasteiger partial charge is 0.495 e. The van der Waals surface area contributed by atoms with E-state index in [1.54, 1.807) is 6.07 Å². The lowest BCUT2D eigenvalue weighted by Crippen LogP contribution is -2.26. The minimum atomic E-state index is -3.90. The van der Waals surface area contributed by atoms with Crippen molar-refractivity contribution in [1.82, 2.24) is 4.72 Å². The van der Waals surface area contributed by atoms with Crippen molar-refractivity contribution in [2.24, 2.45) is 0 Å². The molecule has 2 rings (SSSR count). The molecular formula is C19H24FNO5S. The summed E-state index contributed by atoms with van der Waals surface area (Å²) in [5.41, 5.74) is 0.885. The van der Waals surface area contributed by atoms with Gasteiger partial charge in [-0.05, 0) is 56.2 Å². The maximum absolute atomic E-state index is 13.4. The fourth-order valence-electron chi connectivity index (χ4n) is 2.52. The number of nitrogens with one attached hydrogen (secondary N) is 1. The van der Waals surface area contributed by atoms with Gasteiger partial charge >= 0.3 is 0 Å². The first-order valence-electron chi connectivity index (χ1n) is 8.63. The molecule has 1 N–H and O–H groups in total. The molecule has 0 aliphatic heterocycles. The monoisotopic (exact) mass is 397 g/mol. The minimum Gasteiger partial charge on any atom is -0.495 e. The molecule has 0 saturated carbocycles. The highest BCUT2D eigenvalue weighted by atomic mass is 32.2. The van der Waals surface area contributed by atoms with Gasteiger partial charge in [-0.1, -0.05) is 6.07 Å². The Morgan fingerprint density at radius 1 is 0.963 bits per heavy atom. The van der Waals surface area contributed by atoms with E-state index in [0.717, 1.165) is 17.7 Å². The number of ether oxygens (including phenoxy) is 3. The highest BCUT2D eigenvalue weighted by Crippen LogP contribution is 2.29. The van der Waals surface area contributed by atoms with Crippen molar-refractivity contribution < 1.29 is 27.0 Å². The second-order valence-electron chi connectivity index (χ2n) is 5.59. The molecule has 0 aliphatic rings. The lowest BCUT2D eigenvalue weighted by Gasteiger charge is -2.13. The topological polar surface area (TPSA) is 73.9 Å². The Kier molecular flexibility index (Phi) is 7.44. The summed E-state index contributed by atoms with van der Waals surface area (Å²) in [6, 6.07) is 8.84. The highest BCUT2D eigenvalue weighted by Gasteiger charge is 2.20. The van der Waals surface area contributed by atoms with E-state index in [-0.39, 0.29) is 17.2 Å². The third-order valence-electron chi connectivity index (χ3n) is 3.73. The Labute approximate surface area is 159 Å².